The Morgan fingerprint density at radius 1 is 1.36 bits per heavy atom. The van der Waals surface area contributed by atoms with Gasteiger partial charge in [0, 0.05) is 34.0 Å². The van der Waals surface area contributed by atoms with Crippen LogP contribution in [0.4, 0.5) is 0 Å². The number of hydrogen-bond acceptors (Lipinski definition) is 5. The fourth-order valence-corrected chi connectivity index (χ4v) is 7.37. The van der Waals surface area contributed by atoms with Crippen LogP contribution in [0.3, 0.4) is 0 Å². The third kappa shape index (κ3) is 2.90. The predicted octanol–water partition coefficient (Wildman–Crippen LogP) is 2.40. The second-order valence-corrected chi connectivity index (χ2v) is 9.86. The first-order chi connectivity index (χ1) is 11.8. The highest BCUT2D eigenvalue weighted by Crippen LogP contribution is 2.66. The van der Waals surface area contributed by atoms with Crippen LogP contribution >= 0.6 is 0 Å². The number of rotatable bonds is 5. The van der Waals surface area contributed by atoms with Crippen molar-refractivity contribution >= 4 is 16.8 Å². The van der Waals surface area contributed by atoms with Gasteiger partial charge < -0.3 is 14.6 Å². The minimum absolute atomic E-state index is 0.0204. The summed E-state index contributed by atoms with van der Waals surface area (Å²) in [4.78, 5) is 12.7. The van der Waals surface area contributed by atoms with Gasteiger partial charge in [-0.25, -0.2) is 0 Å². The number of aliphatic hydroxyl groups excluding tert-OH is 1. The summed E-state index contributed by atoms with van der Waals surface area (Å²) >= 11 is 0. The first-order valence-corrected chi connectivity index (χ1v) is 10.5. The van der Waals surface area contributed by atoms with E-state index in [1.807, 2.05) is 6.08 Å². The minimum Gasteiger partial charge on any atom is -0.469 e. The first-order valence-electron chi connectivity index (χ1n) is 9.14. The zero-order valence-corrected chi connectivity index (χ0v) is 16.4. The monoisotopic (exact) mass is 370 g/mol. The number of allylic oxidation sites excluding steroid dienone is 1. The summed E-state index contributed by atoms with van der Waals surface area (Å²) in [6.07, 6.45) is 5.18. The van der Waals surface area contributed by atoms with Gasteiger partial charge in [0.1, 0.15) is 0 Å². The molecule has 0 saturated heterocycles. The van der Waals surface area contributed by atoms with Gasteiger partial charge in [-0.2, -0.15) is 0 Å². The quantitative estimate of drug-likeness (QED) is 0.753. The molecule has 1 N–H and O–H groups in total. The van der Waals surface area contributed by atoms with Crippen molar-refractivity contribution in [3.8, 4) is 0 Å². The number of methoxy groups -OCH3 is 2. The molecule has 0 aromatic carbocycles. The third-order valence-corrected chi connectivity index (χ3v) is 9.00. The third-order valence-electron chi connectivity index (χ3n) is 7.29. The predicted molar refractivity (Wildman–Crippen MR) is 96.2 cm³/mol. The van der Waals surface area contributed by atoms with Gasteiger partial charge in [-0.1, -0.05) is 13.8 Å². The molecule has 3 aliphatic carbocycles. The molecule has 6 heteroatoms. The lowest BCUT2D eigenvalue weighted by Crippen LogP contribution is -2.43. The van der Waals surface area contributed by atoms with Crippen LogP contribution in [0, 0.1) is 22.7 Å². The molecule has 2 bridgehead atoms. The van der Waals surface area contributed by atoms with Gasteiger partial charge >= 0.3 is 5.97 Å². The van der Waals surface area contributed by atoms with Crippen molar-refractivity contribution in [1.29, 1.82) is 0 Å². The van der Waals surface area contributed by atoms with Crippen molar-refractivity contribution < 1.29 is 23.6 Å². The van der Waals surface area contributed by atoms with Gasteiger partial charge in [0.25, 0.3) is 0 Å². The molecule has 142 valence electrons. The van der Waals surface area contributed by atoms with E-state index < -0.39 is 16.9 Å². The molecule has 0 spiro atoms. The molecule has 0 aromatic heterocycles. The number of fused-ring (bicyclic) bond motifs is 2. The van der Waals surface area contributed by atoms with E-state index in [2.05, 4.69) is 13.8 Å². The summed E-state index contributed by atoms with van der Waals surface area (Å²) in [5.74, 6) is 0.411. The molecular formula is C19H30O5S. The summed E-state index contributed by atoms with van der Waals surface area (Å²) in [5, 5.41) is 10.7. The highest BCUT2D eigenvalue weighted by molar-refractivity contribution is 7.89. The summed E-state index contributed by atoms with van der Waals surface area (Å²) < 4.78 is 23.4. The van der Waals surface area contributed by atoms with Crippen LogP contribution < -0.4 is 0 Å². The number of hydrogen-bond donors (Lipinski definition) is 1. The lowest BCUT2D eigenvalue weighted by Gasteiger charge is -2.40. The molecular weight excluding hydrogens is 340 g/mol. The van der Waals surface area contributed by atoms with E-state index in [4.69, 9.17) is 9.47 Å². The van der Waals surface area contributed by atoms with Crippen LogP contribution in [-0.2, 0) is 25.1 Å². The van der Waals surface area contributed by atoms with Crippen molar-refractivity contribution in [1.82, 2.24) is 0 Å². The van der Waals surface area contributed by atoms with Crippen LogP contribution in [0.1, 0.15) is 46.0 Å². The van der Waals surface area contributed by atoms with E-state index in [1.165, 1.54) is 7.11 Å². The molecule has 6 atom stereocenters. The summed E-state index contributed by atoms with van der Waals surface area (Å²) in [6, 6.07) is 0. The first kappa shape index (κ1) is 19.1. The average Bonchev–Trinajstić information content (AvgIpc) is 2.94. The van der Waals surface area contributed by atoms with Crippen LogP contribution in [0.15, 0.2) is 11.0 Å². The Balaban J connectivity index is 1.78. The molecule has 1 unspecified atom stereocenters. The highest BCUT2D eigenvalue weighted by atomic mass is 32.2. The molecule has 5 nitrogen and oxygen atoms in total. The summed E-state index contributed by atoms with van der Waals surface area (Å²) in [6.45, 7) is 4.44. The summed E-state index contributed by atoms with van der Waals surface area (Å²) in [5.41, 5.74) is -0.238. The van der Waals surface area contributed by atoms with Crippen molar-refractivity contribution in [2.24, 2.45) is 22.7 Å². The average molecular weight is 371 g/mol. The normalized spacial score (nSPS) is 40.6. The maximum Gasteiger partial charge on any atom is 0.311 e. The molecule has 2 fully saturated rings. The molecule has 0 radical (unpaired) electrons. The van der Waals surface area contributed by atoms with Crippen LogP contribution in [0.2, 0.25) is 0 Å². The Morgan fingerprint density at radius 3 is 2.60 bits per heavy atom. The Labute approximate surface area is 152 Å². The van der Waals surface area contributed by atoms with Crippen molar-refractivity contribution in [3.63, 3.8) is 0 Å². The van der Waals surface area contributed by atoms with Gasteiger partial charge in [0.05, 0.1) is 25.2 Å². The Bertz CT molecular complexity index is 599. The molecule has 3 rings (SSSR count). The molecule has 0 amide bonds. The van der Waals surface area contributed by atoms with Crippen LogP contribution in [0.25, 0.3) is 0 Å². The second-order valence-electron chi connectivity index (χ2n) is 8.36. The number of carbonyl (C=O) groups is 1. The van der Waals surface area contributed by atoms with E-state index in [1.54, 1.807) is 7.11 Å². The molecule has 3 aliphatic rings. The Hall–Kier alpha value is -0.720. The number of carbonyl (C=O) groups excluding carboxylic acids is 1. The van der Waals surface area contributed by atoms with Crippen molar-refractivity contribution in [3.05, 3.63) is 11.0 Å². The number of aliphatic hydroxyl groups is 1. The Morgan fingerprint density at radius 2 is 2.08 bits per heavy atom. The van der Waals surface area contributed by atoms with E-state index in [9.17, 15) is 14.1 Å². The molecule has 0 aliphatic heterocycles. The van der Waals surface area contributed by atoms with Gasteiger partial charge in [-0.05, 0) is 49.5 Å². The topological polar surface area (TPSA) is 72.8 Å². The van der Waals surface area contributed by atoms with E-state index in [-0.39, 0.29) is 28.8 Å². The van der Waals surface area contributed by atoms with Gasteiger partial charge in [-0.3, -0.25) is 9.00 Å². The molecule has 0 aromatic rings. The highest BCUT2D eigenvalue weighted by Gasteiger charge is 2.64. The van der Waals surface area contributed by atoms with Gasteiger partial charge in [-0.15, -0.1) is 0 Å². The van der Waals surface area contributed by atoms with Gasteiger partial charge in [0.15, 0.2) is 0 Å². The summed E-state index contributed by atoms with van der Waals surface area (Å²) in [7, 11) is 1.78. The van der Waals surface area contributed by atoms with Crippen molar-refractivity contribution in [2.75, 3.05) is 20.0 Å². The zero-order valence-electron chi connectivity index (χ0n) is 15.6. The zero-order chi connectivity index (χ0) is 18.4. The standard InChI is InChI=1S/C19H30O5S/c1-18(2)12-7-8-19(18,16(20)9-12)11-25(22)13-5-6-14(17(21)24-4)15(10-13)23-3/h10,12,14-16,20H,5-9,11H2,1-4H3/t12-,14-,15+,16-,19-,25?/m1/s1. The van der Waals surface area contributed by atoms with E-state index in [0.29, 0.717) is 24.5 Å². The lowest BCUT2D eigenvalue weighted by atomic mass is 9.70. The molecule has 2 saturated carbocycles. The largest absolute Gasteiger partial charge is 0.469 e. The van der Waals surface area contributed by atoms with Crippen LogP contribution in [0.5, 0.6) is 0 Å². The fourth-order valence-electron chi connectivity index (χ4n) is 5.38. The van der Waals surface area contributed by atoms with Gasteiger partial charge in [0.2, 0.25) is 0 Å². The Kier molecular flexibility index (Phi) is 5.17. The maximum atomic E-state index is 13.1. The van der Waals surface area contributed by atoms with Crippen molar-refractivity contribution in [2.45, 2.75) is 58.2 Å². The minimum atomic E-state index is -1.16. The molecule has 25 heavy (non-hydrogen) atoms. The molecule has 0 heterocycles. The van der Waals surface area contributed by atoms with E-state index >= 15 is 0 Å². The fraction of sp³-hybridized carbons (Fsp3) is 0.842. The lowest BCUT2D eigenvalue weighted by molar-refractivity contribution is -0.149. The number of esters is 1. The SMILES string of the molecule is COC(=O)[C@@H]1CCC(S(=O)C[C@]23CC[C@H](C[C@H]2O)C3(C)C)=C[C@@H]1OC. The second kappa shape index (κ2) is 6.78. The number of ether oxygens (including phenoxy) is 2. The smallest absolute Gasteiger partial charge is 0.311 e. The maximum absolute atomic E-state index is 13.1. The van der Waals surface area contributed by atoms with E-state index in [0.717, 1.165) is 24.2 Å². The van der Waals surface area contributed by atoms with Crippen LogP contribution in [-0.4, -0.2) is 47.5 Å².